The molecule has 1 saturated heterocycles. The van der Waals surface area contributed by atoms with Crippen molar-refractivity contribution in [2.24, 2.45) is 0 Å². The van der Waals surface area contributed by atoms with Gasteiger partial charge in [0.1, 0.15) is 17.3 Å². The van der Waals surface area contributed by atoms with Crippen molar-refractivity contribution in [1.29, 1.82) is 0 Å². The zero-order chi connectivity index (χ0) is 23.0. The van der Waals surface area contributed by atoms with Crippen LogP contribution in [0.4, 0.5) is 10.1 Å². The van der Waals surface area contributed by atoms with Gasteiger partial charge in [0.05, 0.1) is 18.7 Å². The number of amides is 1. The van der Waals surface area contributed by atoms with Crippen molar-refractivity contribution >= 4 is 23.1 Å². The number of rotatable bonds is 4. The van der Waals surface area contributed by atoms with E-state index in [0.717, 1.165) is 5.56 Å². The van der Waals surface area contributed by atoms with Crippen LogP contribution < -0.4 is 9.64 Å². The minimum Gasteiger partial charge on any atom is -0.507 e. The third kappa shape index (κ3) is 3.64. The smallest absolute Gasteiger partial charge is 0.300 e. The highest BCUT2D eigenvalue weighted by Gasteiger charge is 2.47. The molecule has 0 aliphatic carbocycles. The summed E-state index contributed by atoms with van der Waals surface area (Å²) in [6.07, 6.45) is 0. The zero-order valence-electron chi connectivity index (χ0n) is 17.9. The van der Waals surface area contributed by atoms with Gasteiger partial charge in [-0.05, 0) is 73.0 Å². The maximum atomic E-state index is 13.8. The normalized spacial score (nSPS) is 17.6. The highest BCUT2D eigenvalue weighted by atomic mass is 19.1. The van der Waals surface area contributed by atoms with Gasteiger partial charge >= 0.3 is 0 Å². The predicted octanol–water partition coefficient (Wildman–Crippen LogP) is 5.08. The van der Waals surface area contributed by atoms with Crippen LogP contribution in [0, 0.1) is 19.7 Å². The highest BCUT2D eigenvalue weighted by Crippen LogP contribution is 2.42. The first-order valence-corrected chi connectivity index (χ1v) is 10.1. The summed E-state index contributed by atoms with van der Waals surface area (Å²) in [4.78, 5) is 27.7. The van der Waals surface area contributed by atoms with Crippen LogP contribution in [0.5, 0.6) is 5.75 Å². The number of hydrogen-bond donors (Lipinski definition) is 1. The van der Waals surface area contributed by atoms with Crippen molar-refractivity contribution in [1.82, 2.24) is 0 Å². The van der Waals surface area contributed by atoms with Gasteiger partial charge in [-0.3, -0.25) is 14.5 Å². The molecule has 1 atom stereocenters. The summed E-state index contributed by atoms with van der Waals surface area (Å²) in [6.45, 7) is 3.46. The van der Waals surface area contributed by atoms with Gasteiger partial charge in [0.25, 0.3) is 11.7 Å². The Bertz CT molecular complexity index is 1250. The summed E-state index contributed by atoms with van der Waals surface area (Å²) in [5, 5.41) is 11.1. The number of aliphatic hydroxyl groups excluding tert-OH is 1. The molecule has 0 aromatic heterocycles. The Morgan fingerprint density at radius 3 is 2.34 bits per heavy atom. The number of carbonyl (C=O) groups excluding carboxylic acids is 2. The number of nitrogens with zero attached hydrogens (tertiary/aromatic N) is 1. The minimum atomic E-state index is -0.854. The average Bonchev–Trinajstić information content (AvgIpc) is 3.06. The lowest BCUT2D eigenvalue weighted by Crippen LogP contribution is -2.29. The summed E-state index contributed by atoms with van der Waals surface area (Å²) in [6, 6.07) is 17.4. The van der Waals surface area contributed by atoms with Gasteiger partial charge in [-0.25, -0.2) is 4.39 Å². The lowest BCUT2D eigenvalue weighted by atomic mass is 9.94. The number of Topliss-reactive ketones (excluding diaryl/α,β-unsaturated/α-hetero) is 1. The van der Waals surface area contributed by atoms with E-state index >= 15 is 0 Å². The van der Waals surface area contributed by atoms with E-state index in [4.69, 9.17) is 4.74 Å². The molecule has 1 N–H and O–H groups in total. The molecule has 0 saturated carbocycles. The third-order valence-electron chi connectivity index (χ3n) is 5.59. The summed E-state index contributed by atoms with van der Waals surface area (Å²) in [5.41, 5.74) is 2.64. The van der Waals surface area contributed by atoms with Crippen LogP contribution in [0.15, 0.2) is 72.3 Å². The van der Waals surface area contributed by atoms with Crippen molar-refractivity contribution in [2.45, 2.75) is 19.9 Å². The van der Waals surface area contributed by atoms with Gasteiger partial charge in [-0.1, -0.05) is 24.3 Å². The van der Waals surface area contributed by atoms with E-state index in [0.29, 0.717) is 22.6 Å². The van der Waals surface area contributed by atoms with Crippen LogP contribution >= 0.6 is 0 Å². The van der Waals surface area contributed by atoms with Crippen molar-refractivity contribution in [3.8, 4) is 5.75 Å². The zero-order valence-corrected chi connectivity index (χ0v) is 17.9. The monoisotopic (exact) mass is 431 g/mol. The van der Waals surface area contributed by atoms with Crippen LogP contribution in [-0.4, -0.2) is 23.9 Å². The molecule has 1 amide bonds. The molecule has 4 rings (SSSR count). The van der Waals surface area contributed by atoms with Crippen LogP contribution in [0.1, 0.15) is 28.3 Å². The van der Waals surface area contributed by atoms with E-state index in [2.05, 4.69) is 0 Å². The Balaban J connectivity index is 1.95. The first kappa shape index (κ1) is 21.3. The number of aliphatic hydroxyl groups is 1. The number of methoxy groups -OCH3 is 1. The molecule has 1 unspecified atom stereocenters. The Labute approximate surface area is 185 Å². The van der Waals surface area contributed by atoms with Crippen molar-refractivity contribution in [3.63, 3.8) is 0 Å². The van der Waals surface area contributed by atoms with Crippen molar-refractivity contribution in [2.75, 3.05) is 12.0 Å². The maximum absolute atomic E-state index is 13.8. The largest absolute Gasteiger partial charge is 0.507 e. The topological polar surface area (TPSA) is 66.8 Å². The van der Waals surface area contributed by atoms with Crippen molar-refractivity contribution < 1.29 is 23.8 Å². The van der Waals surface area contributed by atoms with Gasteiger partial charge in [-0.15, -0.1) is 0 Å². The first-order chi connectivity index (χ1) is 15.3. The lowest BCUT2D eigenvalue weighted by molar-refractivity contribution is -0.132. The molecule has 3 aromatic carbocycles. The number of ketones is 1. The minimum absolute atomic E-state index is 0.0484. The van der Waals surface area contributed by atoms with Gasteiger partial charge in [0.15, 0.2) is 0 Å². The fraction of sp³-hybridized carbons (Fsp3) is 0.154. The summed E-state index contributed by atoms with van der Waals surface area (Å²) in [5.74, 6) is -1.69. The maximum Gasteiger partial charge on any atom is 0.300 e. The molecule has 0 spiro atoms. The fourth-order valence-corrected chi connectivity index (χ4v) is 3.93. The fourth-order valence-electron chi connectivity index (χ4n) is 3.93. The molecular formula is C26H22FNO4. The molecule has 1 heterocycles. The Hall–Kier alpha value is -3.93. The predicted molar refractivity (Wildman–Crippen MR) is 120 cm³/mol. The summed E-state index contributed by atoms with van der Waals surface area (Å²) < 4.78 is 19.0. The van der Waals surface area contributed by atoms with Gasteiger partial charge in [0, 0.05) is 11.3 Å². The molecule has 1 aliphatic rings. The van der Waals surface area contributed by atoms with Crippen LogP contribution in [-0.2, 0) is 9.59 Å². The number of benzene rings is 3. The quantitative estimate of drug-likeness (QED) is 0.356. The van der Waals surface area contributed by atoms with Crippen LogP contribution in [0.2, 0.25) is 0 Å². The van der Waals surface area contributed by atoms with E-state index < -0.39 is 23.5 Å². The molecule has 6 heteroatoms. The SMILES string of the molecule is COc1ccc(C2/C(=C(/O)c3ccc(F)c(C)c3)C(=O)C(=O)N2c2cccc(C)c2)cc1. The Kier molecular flexibility index (Phi) is 5.53. The number of carbonyl (C=O) groups is 2. The van der Waals surface area contributed by atoms with Gasteiger partial charge < -0.3 is 9.84 Å². The molecular weight excluding hydrogens is 409 g/mol. The molecule has 1 fully saturated rings. The number of ether oxygens (including phenoxy) is 1. The second kappa shape index (κ2) is 8.30. The summed E-state index contributed by atoms with van der Waals surface area (Å²) in [7, 11) is 1.55. The molecule has 0 radical (unpaired) electrons. The van der Waals surface area contributed by atoms with E-state index in [1.165, 1.54) is 23.1 Å². The van der Waals surface area contributed by atoms with E-state index in [1.54, 1.807) is 50.4 Å². The first-order valence-electron chi connectivity index (χ1n) is 10.1. The Morgan fingerprint density at radius 1 is 1.00 bits per heavy atom. The van der Waals surface area contributed by atoms with Gasteiger partial charge in [0.2, 0.25) is 0 Å². The Morgan fingerprint density at radius 2 is 1.72 bits per heavy atom. The second-order valence-corrected chi connectivity index (χ2v) is 7.75. The third-order valence-corrected chi connectivity index (χ3v) is 5.59. The number of anilines is 1. The molecule has 5 nitrogen and oxygen atoms in total. The van der Waals surface area contributed by atoms with E-state index in [9.17, 15) is 19.1 Å². The van der Waals surface area contributed by atoms with Crippen LogP contribution in [0.25, 0.3) is 5.76 Å². The molecule has 0 bridgehead atoms. The molecule has 32 heavy (non-hydrogen) atoms. The average molecular weight is 431 g/mol. The lowest BCUT2D eigenvalue weighted by Gasteiger charge is -2.26. The second-order valence-electron chi connectivity index (χ2n) is 7.75. The van der Waals surface area contributed by atoms with Gasteiger partial charge in [-0.2, -0.15) is 0 Å². The number of halogens is 1. The summed E-state index contributed by atoms with van der Waals surface area (Å²) >= 11 is 0. The van der Waals surface area contributed by atoms with E-state index in [-0.39, 0.29) is 16.9 Å². The number of hydrogen-bond acceptors (Lipinski definition) is 4. The van der Waals surface area contributed by atoms with Crippen LogP contribution in [0.3, 0.4) is 0 Å². The molecule has 1 aliphatic heterocycles. The molecule has 162 valence electrons. The number of aryl methyl sites for hydroxylation is 2. The highest BCUT2D eigenvalue weighted by molar-refractivity contribution is 6.51. The van der Waals surface area contributed by atoms with Crippen molar-refractivity contribution in [3.05, 3.63) is 100 Å². The molecule has 3 aromatic rings. The standard InChI is InChI=1S/C26H22FNO4/c1-15-5-4-6-19(13-15)28-23(17-7-10-20(32-3)11-8-17)22(25(30)26(28)31)24(29)18-9-12-21(27)16(2)14-18/h4-14,23,29H,1-3H3/b24-22-. The van der Waals surface area contributed by atoms with E-state index in [1.807, 2.05) is 19.1 Å².